The van der Waals surface area contributed by atoms with Crippen molar-refractivity contribution in [1.29, 1.82) is 0 Å². The number of esters is 1. The second-order valence-electron chi connectivity index (χ2n) is 2.64. The maximum atomic E-state index is 11.2. The van der Waals surface area contributed by atoms with Crippen molar-refractivity contribution in [1.82, 2.24) is 0 Å². The van der Waals surface area contributed by atoms with Crippen molar-refractivity contribution in [3.05, 3.63) is 31.4 Å². The number of nitro benzene ring substituents is 1. The van der Waals surface area contributed by atoms with Crippen LogP contribution in [0.25, 0.3) is 0 Å². The summed E-state index contributed by atoms with van der Waals surface area (Å²) in [6, 6.07) is 2.39. The number of ether oxygens (including phenoxy) is 1. The van der Waals surface area contributed by atoms with Crippen molar-refractivity contribution in [2.24, 2.45) is 0 Å². The van der Waals surface area contributed by atoms with Crippen molar-refractivity contribution < 1.29 is 14.5 Å². The molecule has 1 aromatic carbocycles. The predicted molar refractivity (Wildman–Crippen MR) is 61.6 cm³/mol. The first kappa shape index (κ1) is 11.7. The quantitative estimate of drug-likeness (QED) is 0.293. The molecule has 0 amide bonds. The van der Waals surface area contributed by atoms with Gasteiger partial charge in [0, 0.05) is 15.7 Å². The van der Waals surface area contributed by atoms with E-state index in [1.54, 1.807) is 0 Å². The monoisotopic (exact) mass is 322 g/mol. The van der Waals surface area contributed by atoms with Crippen molar-refractivity contribution in [3.63, 3.8) is 0 Å². The third kappa shape index (κ3) is 2.35. The second-order valence-corrected chi connectivity index (χ2v) is 3.80. The molecule has 0 heterocycles. The number of methoxy groups -OCH3 is 1. The van der Waals surface area contributed by atoms with Crippen LogP contribution in [0, 0.1) is 13.7 Å². The van der Waals surface area contributed by atoms with E-state index in [0.29, 0.717) is 3.57 Å². The van der Waals surface area contributed by atoms with E-state index in [1.165, 1.54) is 13.2 Å². The van der Waals surface area contributed by atoms with E-state index < -0.39 is 10.9 Å². The Kier molecular flexibility index (Phi) is 3.45. The molecule has 80 valence electrons. The molecule has 0 aromatic heterocycles. The molecule has 0 aliphatic carbocycles. The maximum Gasteiger partial charge on any atom is 0.340 e. The van der Waals surface area contributed by atoms with Gasteiger partial charge in [0.05, 0.1) is 23.3 Å². The lowest BCUT2D eigenvalue weighted by Gasteiger charge is -2.05. The molecule has 1 rings (SSSR count). The number of carbonyl (C=O) groups excluding carboxylic acids is 1. The fraction of sp³-hybridized carbons (Fsp3) is 0.125. The van der Waals surface area contributed by atoms with Gasteiger partial charge in [-0.2, -0.15) is 0 Å². The zero-order valence-corrected chi connectivity index (χ0v) is 9.85. The lowest BCUT2D eigenvalue weighted by Crippen LogP contribution is -2.08. The van der Waals surface area contributed by atoms with Crippen LogP contribution in [0.3, 0.4) is 0 Å². The normalized spacial score (nSPS) is 9.73. The number of carbonyl (C=O) groups is 1. The van der Waals surface area contributed by atoms with Crippen LogP contribution in [0.4, 0.5) is 11.4 Å². The third-order valence-electron chi connectivity index (χ3n) is 1.73. The third-order valence-corrected chi connectivity index (χ3v) is 2.62. The number of hydrogen-bond acceptors (Lipinski definition) is 5. The van der Waals surface area contributed by atoms with Crippen molar-refractivity contribution in [2.75, 3.05) is 12.8 Å². The number of benzene rings is 1. The molecule has 0 saturated heterocycles. The SMILES string of the molecule is COC(=O)c1cc([N+](=O)[O-])cc(I)c1N. The second kappa shape index (κ2) is 4.43. The van der Waals surface area contributed by atoms with Gasteiger partial charge in [0.15, 0.2) is 0 Å². The highest BCUT2D eigenvalue weighted by molar-refractivity contribution is 14.1. The Hall–Kier alpha value is -1.38. The molecule has 0 saturated carbocycles. The largest absolute Gasteiger partial charge is 0.465 e. The van der Waals surface area contributed by atoms with Gasteiger partial charge < -0.3 is 10.5 Å². The summed E-state index contributed by atoms with van der Waals surface area (Å²) in [7, 11) is 1.19. The number of nitrogen functional groups attached to an aromatic ring is 1. The minimum Gasteiger partial charge on any atom is -0.465 e. The molecular weight excluding hydrogens is 315 g/mol. The highest BCUT2D eigenvalue weighted by atomic mass is 127. The highest BCUT2D eigenvalue weighted by Crippen LogP contribution is 2.26. The zero-order chi connectivity index (χ0) is 11.6. The summed E-state index contributed by atoms with van der Waals surface area (Å²) in [5.74, 6) is -0.686. The van der Waals surface area contributed by atoms with Crippen molar-refractivity contribution in [2.45, 2.75) is 0 Å². The van der Waals surface area contributed by atoms with Crippen LogP contribution in [0.2, 0.25) is 0 Å². The van der Waals surface area contributed by atoms with Gasteiger partial charge in [-0.3, -0.25) is 10.1 Å². The molecule has 6 nitrogen and oxygen atoms in total. The highest BCUT2D eigenvalue weighted by Gasteiger charge is 2.18. The lowest BCUT2D eigenvalue weighted by atomic mass is 10.1. The number of non-ortho nitro benzene ring substituents is 1. The Morgan fingerprint density at radius 3 is 2.67 bits per heavy atom. The minimum absolute atomic E-state index is 0.0103. The molecule has 0 aliphatic heterocycles. The summed E-state index contributed by atoms with van der Waals surface area (Å²) in [6.07, 6.45) is 0. The molecule has 0 fully saturated rings. The van der Waals surface area contributed by atoms with Crippen LogP contribution in [-0.4, -0.2) is 18.0 Å². The van der Waals surface area contributed by atoms with Gasteiger partial charge in [-0.25, -0.2) is 4.79 Å². The van der Waals surface area contributed by atoms with Crippen LogP contribution in [0.1, 0.15) is 10.4 Å². The van der Waals surface area contributed by atoms with E-state index in [1.807, 2.05) is 22.6 Å². The number of anilines is 1. The average Bonchev–Trinajstić information content (AvgIpc) is 2.20. The van der Waals surface area contributed by atoms with Gasteiger partial charge in [-0.15, -0.1) is 0 Å². The number of rotatable bonds is 2. The maximum absolute atomic E-state index is 11.2. The Balaban J connectivity index is 3.37. The van der Waals surface area contributed by atoms with Gasteiger partial charge in [0.1, 0.15) is 0 Å². The summed E-state index contributed by atoms with van der Waals surface area (Å²) in [6.45, 7) is 0. The van der Waals surface area contributed by atoms with E-state index in [-0.39, 0.29) is 16.9 Å². The summed E-state index contributed by atoms with van der Waals surface area (Å²) >= 11 is 1.82. The van der Waals surface area contributed by atoms with Crippen LogP contribution >= 0.6 is 22.6 Å². The smallest absolute Gasteiger partial charge is 0.340 e. The fourth-order valence-electron chi connectivity index (χ4n) is 0.988. The molecule has 0 atom stereocenters. The van der Waals surface area contributed by atoms with E-state index in [9.17, 15) is 14.9 Å². The van der Waals surface area contributed by atoms with Gasteiger partial charge in [0.25, 0.3) is 5.69 Å². The summed E-state index contributed by atoms with van der Waals surface area (Å²) in [4.78, 5) is 21.2. The first-order valence-corrected chi connectivity index (χ1v) is 4.87. The Morgan fingerprint density at radius 1 is 1.60 bits per heavy atom. The van der Waals surface area contributed by atoms with Crippen LogP contribution in [0.5, 0.6) is 0 Å². The first-order chi connectivity index (χ1) is 6.97. The number of nitro groups is 1. The van der Waals surface area contributed by atoms with Crippen LogP contribution in [0.15, 0.2) is 12.1 Å². The van der Waals surface area contributed by atoms with Gasteiger partial charge >= 0.3 is 5.97 Å². The first-order valence-electron chi connectivity index (χ1n) is 3.79. The number of nitrogens with two attached hydrogens (primary N) is 1. The zero-order valence-electron chi connectivity index (χ0n) is 7.69. The van der Waals surface area contributed by atoms with Crippen molar-refractivity contribution in [3.8, 4) is 0 Å². The van der Waals surface area contributed by atoms with E-state index in [4.69, 9.17) is 5.73 Å². The van der Waals surface area contributed by atoms with Crippen molar-refractivity contribution >= 4 is 39.9 Å². The molecule has 2 N–H and O–H groups in total. The Morgan fingerprint density at radius 2 is 2.20 bits per heavy atom. The van der Waals surface area contributed by atoms with E-state index >= 15 is 0 Å². The molecule has 15 heavy (non-hydrogen) atoms. The van der Waals surface area contributed by atoms with E-state index in [0.717, 1.165) is 6.07 Å². The fourth-order valence-corrected chi connectivity index (χ4v) is 1.60. The van der Waals surface area contributed by atoms with Gasteiger partial charge in [0.2, 0.25) is 0 Å². The molecule has 0 bridgehead atoms. The summed E-state index contributed by atoms with van der Waals surface area (Å²) in [5.41, 5.74) is 5.61. The lowest BCUT2D eigenvalue weighted by molar-refractivity contribution is -0.385. The Bertz CT molecular complexity index is 433. The molecule has 0 spiro atoms. The predicted octanol–water partition coefficient (Wildman–Crippen LogP) is 1.57. The summed E-state index contributed by atoms with van der Waals surface area (Å²) < 4.78 is 4.91. The number of hydrogen-bond donors (Lipinski definition) is 1. The van der Waals surface area contributed by atoms with Gasteiger partial charge in [-0.05, 0) is 22.6 Å². The topological polar surface area (TPSA) is 95.5 Å². The average molecular weight is 322 g/mol. The van der Waals surface area contributed by atoms with Crippen LogP contribution < -0.4 is 5.73 Å². The minimum atomic E-state index is -0.686. The standard InChI is InChI=1S/C8H7IN2O4/c1-15-8(12)5-2-4(11(13)14)3-6(9)7(5)10/h2-3H,10H2,1H3. The van der Waals surface area contributed by atoms with Gasteiger partial charge in [-0.1, -0.05) is 0 Å². The molecule has 0 radical (unpaired) electrons. The van der Waals surface area contributed by atoms with Crippen LogP contribution in [-0.2, 0) is 4.74 Å². The molecular formula is C8H7IN2O4. The summed E-state index contributed by atoms with van der Waals surface area (Å²) in [5, 5.41) is 10.5. The molecule has 0 unspecified atom stereocenters. The molecule has 0 aliphatic rings. The Labute approximate surface area is 98.7 Å². The number of halogens is 1. The number of nitrogens with zero attached hydrogens (tertiary/aromatic N) is 1. The molecule has 1 aromatic rings. The molecule has 7 heteroatoms. The van der Waals surface area contributed by atoms with E-state index in [2.05, 4.69) is 4.74 Å².